The molecule has 0 aromatic rings. The van der Waals surface area contributed by atoms with Crippen LogP contribution >= 0.6 is 7.82 Å². The van der Waals surface area contributed by atoms with Crippen LogP contribution in [0.3, 0.4) is 0 Å². The van der Waals surface area contributed by atoms with Gasteiger partial charge in [-0.1, -0.05) is 170 Å². The zero-order chi connectivity index (χ0) is 41.4. The van der Waals surface area contributed by atoms with Gasteiger partial charge in [0.15, 0.2) is 0 Å². The second-order valence-electron chi connectivity index (χ2n) is 15.6. The number of quaternary nitrogens is 1. The van der Waals surface area contributed by atoms with E-state index in [1.807, 2.05) is 57.6 Å². The fraction of sp³-hybridized carbons (Fsp3) is 0.717. The van der Waals surface area contributed by atoms with Gasteiger partial charge in [-0.05, 0) is 44.9 Å². The summed E-state index contributed by atoms with van der Waals surface area (Å²) in [5, 5.41) is 10.1. The number of ether oxygens (including phenoxy) is 2. The van der Waals surface area contributed by atoms with Crippen LogP contribution in [0, 0.1) is 0 Å². The van der Waals surface area contributed by atoms with Gasteiger partial charge in [0.05, 0.1) is 40.5 Å². The van der Waals surface area contributed by atoms with Gasteiger partial charge in [-0.25, -0.2) is 4.57 Å². The number of carbonyl (C=O) groups excluding carboxylic acids is 1. The lowest BCUT2D eigenvalue weighted by Crippen LogP contribution is -2.37. The highest BCUT2D eigenvalue weighted by Crippen LogP contribution is 2.43. The van der Waals surface area contributed by atoms with E-state index in [0.717, 1.165) is 32.1 Å². The minimum absolute atomic E-state index is 0.0598. The first-order valence-corrected chi connectivity index (χ1v) is 23.3. The maximum Gasteiger partial charge on any atom is 0.472 e. The average Bonchev–Trinajstić information content (AvgIpc) is 3.14. The lowest BCUT2D eigenvalue weighted by Gasteiger charge is -2.24. The van der Waals surface area contributed by atoms with Crippen molar-refractivity contribution in [1.29, 1.82) is 0 Å². The summed E-state index contributed by atoms with van der Waals surface area (Å²) in [5.41, 5.74) is 0. The van der Waals surface area contributed by atoms with Crippen molar-refractivity contribution in [3.05, 3.63) is 72.9 Å². The minimum atomic E-state index is -4.31. The Bertz CT molecular complexity index is 1140. The quantitative estimate of drug-likeness (QED) is 0.0158. The molecule has 0 fully saturated rings. The normalized spacial score (nSPS) is 15.1. The first-order chi connectivity index (χ1) is 27.0. The van der Waals surface area contributed by atoms with E-state index in [1.165, 1.54) is 77.0 Å². The van der Waals surface area contributed by atoms with Crippen LogP contribution in [0.4, 0.5) is 0 Å². The molecule has 56 heavy (non-hydrogen) atoms. The molecule has 0 radical (unpaired) electrons. The summed E-state index contributed by atoms with van der Waals surface area (Å²) in [6.07, 6.45) is 45.4. The van der Waals surface area contributed by atoms with E-state index in [4.69, 9.17) is 18.5 Å². The molecule has 0 spiro atoms. The van der Waals surface area contributed by atoms with Crippen molar-refractivity contribution in [2.24, 2.45) is 0 Å². The van der Waals surface area contributed by atoms with Crippen molar-refractivity contribution >= 4 is 13.8 Å². The van der Waals surface area contributed by atoms with Gasteiger partial charge in [0.1, 0.15) is 19.3 Å². The molecule has 10 heteroatoms. The van der Waals surface area contributed by atoms with Crippen molar-refractivity contribution < 1.29 is 42.4 Å². The summed E-state index contributed by atoms with van der Waals surface area (Å²) in [6, 6.07) is 0. The Hall–Kier alpha value is -2.10. The van der Waals surface area contributed by atoms with E-state index in [0.29, 0.717) is 36.9 Å². The Morgan fingerprint density at radius 3 is 1.82 bits per heavy atom. The molecule has 0 rings (SSSR count). The fourth-order valence-electron chi connectivity index (χ4n) is 5.49. The first kappa shape index (κ1) is 53.9. The molecule has 0 aliphatic carbocycles. The second kappa shape index (κ2) is 38.4. The number of phosphoric acid groups is 1. The van der Waals surface area contributed by atoms with Crippen molar-refractivity contribution in [2.45, 2.75) is 161 Å². The van der Waals surface area contributed by atoms with E-state index in [9.17, 15) is 19.4 Å². The Balaban J connectivity index is 4.46. The summed E-state index contributed by atoms with van der Waals surface area (Å²) in [4.78, 5) is 22.8. The molecule has 0 heterocycles. The Kier molecular flexibility index (Phi) is 37.0. The van der Waals surface area contributed by atoms with Gasteiger partial charge in [0.2, 0.25) is 0 Å². The monoisotopic (exact) mass is 809 g/mol. The molecule has 0 amide bonds. The summed E-state index contributed by atoms with van der Waals surface area (Å²) < 4.78 is 34.8. The average molecular weight is 809 g/mol. The number of allylic oxidation sites excluding steroid dienone is 10. The van der Waals surface area contributed by atoms with Crippen LogP contribution in [0.25, 0.3) is 0 Å². The van der Waals surface area contributed by atoms with E-state index in [1.54, 1.807) is 6.08 Å². The topological polar surface area (TPSA) is 112 Å². The molecule has 2 N–H and O–H groups in total. The Morgan fingerprint density at radius 2 is 1.21 bits per heavy atom. The van der Waals surface area contributed by atoms with Gasteiger partial charge in [0, 0.05) is 13.0 Å². The molecule has 0 aromatic carbocycles. The number of carbonyl (C=O) groups is 1. The van der Waals surface area contributed by atoms with E-state index in [2.05, 4.69) is 44.2 Å². The zero-order valence-electron chi connectivity index (χ0n) is 36.2. The molecule has 3 unspecified atom stereocenters. The third-order valence-corrected chi connectivity index (χ3v) is 9.86. The van der Waals surface area contributed by atoms with Crippen LogP contribution in [0.2, 0.25) is 0 Å². The third kappa shape index (κ3) is 41.5. The zero-order valence-corrected chi connectivity index (χ0v) is 37.1. The SMILES string of the molecule is CC/C=C\C/C=C\C/C=C\C=C\C(O)C/C=C\C/C=C\CCC(=O)OC(COCCCCCCCCCCCCCCCC)COP(=O)(O)OCC[N+](C)(C)C. The summed E-state index contributed by atoms with van der Waals surface area (Å²) >= 11 is 0. The fourth-order valence-corrected chi connectivity index (χ4v) is 6.23. The molecule has 324 valence electrons. The van der Waals surface area contributed by atoms with Gasteiger partial charge in [-0.2, -0.15) is 0 Å². The number of aliphatic hydroxyl groups is 1. The van der Waals surface area contributed by atoms with E-state index < -0.39 is 26.0 Å². The number of likely N-dealkylation sites (N-methyl/N-ethyl adjacent to an activating group) is 1. The lowest BCUT2D eigenvalue weighted by molar-refractivity contribution is -0.870. The molecule has 0 saturated carbocycles. The van der Waals surface area contributed by atoms with E-state index >= 15 is 0 Å². The lowest BCUT2D eigenvalue weighted by atomic mass is 10.0. The molecular weight excluding hydrogens is 725 g/mol. The number of phosphoric ester groups is 1. The summed E-state index contributed by atoms with van der Waals surface area (Å²) in [7, 11) is 1.57. The number of esters is 1. The number of hydrogen-bond acceptors (Lipinski definition) is 7. The van der Waals surface area contributed by atoms with Gasteiger partial charge >= 0.3 is 13.8 Å². The van der Waals surface area contributed by atoms with E-state index in [-0.39, 0.29) is 26.2 Å². The highest BCUT2D eigenvalue weighted by atomic mass is 31.2. The Morgan fingerprint density at radius 1 is 0.661 bits per heavy atom. The largest absolute Gasteiger partial charge is 0.472 e. The predicted molar refractivity (Wildman–Crippen MR) is 234 cm³/mol. The highest BCUT2D eigenvalue weighted by molar-refractivity contribution is 7.47. The number of hydrogen-bond donors (Lipinski definition) is 2. The highest BCUT2D eigenvalue weighted by Gasteiger charge is 2.26. The van der Waals surface area contributed by atoms with Crippen LogP contribution in [0.15, 0.2) is 72.9 Å². The van der Waals surface area contributed by atoms with Gasteiger partial charge in [-0.15, -0.1) is 0 Å². The predicted octanol–water partition coefficient (Wildman–Crippen LogP) is 11.7. The maximum atomic E-state index is 12.7. The van der Waals surface area contributed by atoms with Gasteiger partial charge in [-0.3, -0.25) is 13.8 Å². The van der Waals surface area contributed by atoms with Gasteiger partial charge < -0.3 is 24.0 Å². The molecule has 0 aliphatic rings. The number of rotatable bonds is 39. The first-order valence-electron chi connectivity index (χ1n) is 21.8. The van der Waals surface area contributed by atoms with Crippen molar-refractivity contribution in [1.82, 2.24) is 0 Å². The van der Waals surface area contributed by atoms with Crippen molar-refractivity contribution in [3.63, 3.8) is 0 Å². The number of unbranched alkanes of at least 4 members (excludes halogenated alkanes) is 13. The van der Waals surface area contributed by atoms with Crippen LogP contribution in [-0.2, 0) is 27.9 Å². The third-order valence-electron chi connectivity index (χ3n) is 8.88. The van der Waals surface area contributed by atoms with Crippen LogP contribution in [0.1, 0.15) is 149 Å². The summed E-state index contributed by atoms with van der Waals surface area (Å²) in [6.45, 7) is 5.29. The smallest absolute Gasteiger partial charge is 0.457 e. The van der Waals surface area contributed by atoms with Crippen molar-refractivity contribution in [3.8, 4) is 0 Å². The molecule has 3 atom stereocenters. The molecule has 0 saturated heterocycles. The van der Waals surface area contributed by atoms with Crippen LogP contribution < -0.4 is 0 Å². The maximum absolute atomic E-state index is 12.7. The number of nitrogens with zero attached hydrogens (tertiary/aromatic N) is 1. The van der Waals surface area contributed by atoms with Crippen LogP contribution in [-0.4, -0.2) is 86.8 Å². The molecule has 0 aliphatic heterocycles. The summed E-state index contributed by atoms with van der Waals surface area (Å²) in [5.74, 6) is -0.429. The van der Waals surface area contributed by atoms with Crippen molar-refractivity contribution in [2.75, 3.05) is 54.1 Å². The molecule has 0 aromatic heterocycles. The molecule has 9 nitrogen and oxygen atoms in total. The standard InChI is InChI=1S/C46H82NO8P/c1-6-8-10-12-14-16-18-19-20-21-23-27-31-35-40-52-42-45(43-54-56(50,51)53-41-39-47(3,4)5)55-46(49)38-34-30-26-25-29-33-37-44(48)36-32-28-24-22-17-15-13-11-9-7-2/h9,11,15,17,24,26,28-30,32-33,36,44-45,48H,6-8,10,12-14,16,18-23,25,27,31,34-35,37-43H2,1-5H3/p+1/b11-9-,17-15-,28-24-,30-26-,33-29-,36-32+. The molecule has 0 bridgehead atoms. The molecular formula is C46H83NO8P+. The second-order valence-corrected chi connectivity index (χ2v) is 17.0. The number of aliphatic hydroxyl groups excluding tert-OH is 1. The minimum Gasteiger partial charge on any atom is -0.457 e. The Labute approximate surface area is 343 Å². The van der Waals surface area contributed by atoms with Crippen LogP contribution in [0.5, 0.6) is 0 Å². The van der Waals surface area contributed by atoms with Gasteiger partial charge in [0.25, 0.3) is 0 Å².